The molecule has 0 aliphatic carbocycles. The first kappa shape index (κ1) is 9.76. The Morgan fingerprint density at radius 3 is 2.60 bits per heavy atom. The lowest BCUT2D eigenvalue weighted by Gasteiger charge is -2.02. The van der Waals surface area contributed by atoms with E-state index >= 15 is 0 Å². The van der Waals surface area contributed by atoms with E-state index in [0.29, 0.717) is 0 Å². The highest BCUT2D eigenvalue weighted by molar-refractivity contribution is 5.40. The van der Waals surface area contributed by atoms with E-state index in [1.807, 2.05) is 36.5 Å². The van der Waals surface area contributed by atoms with Crippen LogP contribution in [0.2, 0.25) is 0 Å². The third kappa shape index (κ3) is 1.72. The molecule has 0 aromatic carbocycles. The Labute approximate surface area is 88.5 Å². The van der Waals surface area contributed by atoms with Crippen molar-refractivity contribution in [1.29, 1.82) is 0 Å². The lowest BCUT2D eigenvalue weighted by atomic mass is 10.2. The zero-order valence-electron chi connectivity index (χ0n) is 9.23. The van der Waals surface area contributed by atoms with Gasteiger partial charge in [0.25, 0.3) is 0 Å². The molecule has 5 heteroatoms. The standard InChI is InChI=1S/C10H15N5/c1-7-9(5-14(3)13-7)6-15-8(2)10(11)4-12-15/h4-5H,6,11H2,1-3H3. The van der Waals surface area contributed by atoms with Crippen LogP contribution in [0.25, 0.3) is 0 Å². The molecule has 0 fully saturated rings. The van der Waals surface area contributed by atoms with Crippen LogP contribution in [0, 0.1) is 13.8 Å². The summed E-state index contributed by atoms with van der Waals surface area (Å²) < 4.78 is 3.70. The highest BCUT2D eigenvalue weighted by Crippen LogP contribution is 2.12. The first-order valence-corrected chi connectivity index (χ1v) is 4.85. The molecule has 0 amide bonds. The van der Waals surface area contributed by atoms with Crippen molar-refractivity contribution in [2.45, 2.75) is 20.4 Å². The Morgan fingerprint density at radius 1 is 1.40 bits per heavy atom. The lowest BCUT2D eigenvalue weighted by Crippen LogP contribution is -2.04. The van der Waals surface area contributed by atoms with Crippen molar-refractivity contribution in [1.82, 2.24) is 19.6 Å². The number of nitrogens with zero attached hydrogens (tertiary/aromatic N) is 4. The second kappa shape index (κ2) is 3.42. The molecule has 0 bridgehead atoms. The average Bonchev–Trinajstić information content (AvgIpc) is 2.64. The van der Waals surface area contributed by atoms with Gasteiger partial charge in [0, 0.05) is 18.8 Å². The SMILES string of the molecule is Cc1nn(C)cc1Cn1ncc(N)c1C. The van der Waals surface area contributed by atoms with Crippen LogP contribution in [-0.2, 0) is 13.6 Å². The Kier molecular flexibility index (Phi) is 2.22. The van der Waals surface area contributed by atoms with Crippen molar-refractivity contribution in [2.24, 2.45) is 7.05 Å². The third-order valence-corrected chi connectivity index (χ3v) is 2.58. The molecule has 2 aromatic heterocycles. The molecule has 0 aliphatic heterocycles. The number of nitrogens with two attached hydrogens (primary N) is 1. The summed E-state index contributed by atoms with van der Waals surface area (Å²) in [6, 6.07) is 0. The van der Waals surface area contributed by atoms with Gasteiger partial charge in [-0.3, -0.25) is 9.36 Å². The van der Waals surface area contributed by atoms with Gasteiger partial charge in [0.2, 0.25) is 0 Å². The predicted octanol–water partition coefficient (Wildman–Crippen LogP) is 0.864. The van der Waals surface area contributed by atoms with Crippen LogP contribution >= 0.6 is 0 Å². The van der Waals surface area contributed by atoms with Crippen LogP contribution in [0.5, 0.6) is 0 Å². The van der Waals surface area contributed by atoms with Crippen LogP contribution in [-0.4, -0.2) is 19.6 Å². The quantitative estimate of drug-likeness (QED) is 0.791. The minimum absolute atomic E-state index is 0.725. The first-order valence-electron chi connectivity index (χ1n) is 4.85. The number of hydrogen-bond donors (Lipinski definition) is 1. The van der Waals surface area contributed by atoms with Crippen molar-refractivity contribution >= 4 is 5.69 Å². The summed E-state index contributed by atoms with van der Waals surface area (Å²) in [5.74, 6) is 0. The van der Waals surface area contributed by atoms with Crippen LogP contribution in [0.4, 0.5) is 5.69 Å². The maximum Gasteiger partial charge on any atom is 0.0730 e. The molecule has 5 nitrogen and oxygen atoms in total. The Morgan fingerprint density at radius 2 is 2.13 bits per heavy atom. The zero-order chi connectivity index (χ0) is 11.0. The molecule has 2 N–H and O–H groups in total. The van der Waals surface area contributed by atoms with Gasteiger partial charge in [-0.05, 0) is 13.8 Å². The van der Waals surface area contributed by atoms with Crippen molar-refractivity contribution in [3.8, 4) is 0 Å². The van der Waals surface area contributed by atoms with Gasteiger partial charge >= 0.3 is 0 Å². The fourth-order valence-electron chi connectivity index (χ4n) is 1.59. The number of anilines is 1. The maximum absolute atomic E-state index is 5.73. The number of hydrogen-bond acceptors (Lipinski definition) is 3. The van der Waals surface area contributed by atoms with E-state index < -0.39 is 0 Å². The summed E-state index contributed by atoms with van der Waals surface area (Å²) in [7, 11) is 1.92. The minimum Gasteiger partial charge on any atom is -0.396 e. The van der Waals surface area contributed by atoms with E-state index in [1.54, 1.807) is 6.20 Å². The van der Waals surface area contributed by atoms with Crippen molar-refractivity contribution in [3.05, 3.63) is 29.3 Å². The average molecular weight is 205 g/mol. The topological polar surface area (TPSA) is 61.7 Å². The van der Waals surface area contributed by atoms with Gasteiger partial charge < -0.3 is 5.73 Å². The molecule has 0 radical (unpaired) electrons. The predicted molar refractivity (Wildman–Crippen MR) is 58.4 cm³/mol. The number of nitrogen functional groups attached to an aromatic ring is 1. The summed E-state index contributed by atoms with van der Waals surface area (Å²) in [4.78, 5) is 0. The summed E-state index contributed by atoms with van der Waals surface area (Å²) in [6.45, 7) is 4.69. The van der Waals surface area contributed by atoms with E-state index in [0.717, 1.165) is 23.6 Å². The Hall–Kier alpha value is -1.78. The van der Waals surface area contributed by atoms with Gasteiger partial charge in [0.15, 0.2) is 0 Å². The van der Waals surface area contributed by atoms with Crippen molar-refractivity contribution < 1.29 is 0 Å². The molecule has 2 aromatic rings. The monoisotopic (exact) mass is 205 g/mol. The summed E-state index contributed by atoms with van der Waals surface area (Å²) in [5.41, 5.74) is 9.67. The molecule has 2 heterocycles. The summed E-state index contributed by atoms with van der Waals surface area (Å²) >= 11 is 0. The van der Waals surface area contributed by atoms with Crippen LogP contribution < -0.4 is 5.73 Å². The Balaban J connectivity index is 2.29. The van der Waals surface area contributed by atoms with Gasteiger partial charge in [-0.25, -0.2) is 0 Å². The highest BCUT2D eigenvalue weighted by Gasteiger charge is 2.07. The second-order valence-corrected chi connectivity index (χ2v) is 3.76. The van der Waals surface area contributed by atoms with Gasteiger partial charge in [-0.1, -0.05) is 0 Å². The molecule has 0 saturated heterocycles. The molecule has 0 unspecified atom stereocenters. The first-order chi connectivity index (χ1) is 7.08. The molecule has 0 saturated carbocycles. The maximum atomic E-state index is 5.73. The Bertz CT molecular complexity index is 480. The summed E-state index contributed by atoms with van der Waals surface area (Å²) in [6.07, 6.45) is 3.69. The van der Waals surface area contributed by atoms with E-state index in [-0.39, 0.29) is 0 Å². The van der Waals surface area contributed by atoms with Crippen molar-refractivity contribution in [3.63, 3.8) is 0 Å². The molecule has 15 heavy (non-hydrogen) atoms. The van der Waals surface area contributed by atoms with Crippen LogP contribution in [0.15, 0.2) is 12.4 Å². The molecule has 0 atom stereocenters. The molecular formula is C10H15N5. The summed E-state index contributed by atoms with van der Waals surface area (Å²) in [5, 5.41) is 8.50. The van der Waals surface area contributed by atoms with E-state index in [2.05, 4.69) is 10.2 Å². The number of aryl methyl sites for hydroxylation is 2. The zero-order valence-corrected chi connectivity index (χ0v) is 9.23. The molecule has 0 aliphatic rings. The third-order valence-electron chi connectivity index (χ3n) is 2.58. The number of aromatic nitrogens is 4. The van der Waals surface area contributed by atoms with E-state index in [1.165, 1.54) is 5.56 Å². The lowest BCUT2D eigenvalue weighted by molar-refractivity contribution is 0.662. The van der Waals surface area contributed by atoms with Crippen LogP contribution in [0.1, 0.15) is 17.0 Å². The van der Waals surface area contributed by atoms with E-state index in [4.69, 9.17) is 5.73 Å². The molecule has 0 spiro atoms. The number of rotatable bonds is 2. The van der Waals surface area contributed by atoms with E-state index in [9.17, 15) is 0 Å². The van der Waals surface area contributed by atoms with Gasteiger partial charge in [-0.15, -0.1) is 0 Å². The van der Waals surface area contributed by atoms with Gasteiger partial charge in [-0.2, -0.15) is 10.2 Å². The molecule has 2 rings (SSSR count). The normalized spacial score (nSPS) is 10.9. The highest BCUT2D eigenvalue weighted by atomic mass is 15.3. The minimum atomic E-state index is 0.725. The second-order valence-electron chi connectivity index (χ2n) is 3.76. The van der Waals surface area contributed by atoms with Crippen molar-refractivity contribution in [2.75, 3.05) is 5.73 Å². The van der Waals surface area contributed by atoms with Gasteiger partial charge in [0.1, 0.15) is 0 Å². The van der Waals surface area contributed by atoms with Crippen LogP contribution in [0.3, 0.4) is 0 Å². The molecule has 80 valence electrons. The van der Waals surface area contributed by atoms with Gasteiger partial charge in [0.05, 0.1) is 29.8 Å². The molecular weight excluding hydrogens is 190 g/mol. The smallest absolute Gasteiger partial charge is 0.0730 e. The largest absolute Gasteiger partial charge is 0.396 e. The fourth-order valence-corrected chi connectivity index (χ4v) is 1.59. The fraction of sp³-hybridized carbons (Fsp3) is 0.400.